The maximum absolute atomic E-state index is 14.5. The van der Waals surface area contributed by atoms with Crippen molar-refractivity contribution in [2.45, 2.75) is 31.4 Å². The molecule has 5 rings (SSSR count). The molecule has 0 unspecified atom stereocenters. The number of alkyl halides is 3. The summed E-state index contributed by atoms with van der Waals surface area (Å²) in [6, 6.07) is 17.9. The molecule has 0 saturated heterocycles. The lowest BCUT2D eigenvalue weighted by molar-refractivity contribution is -0.137. The third-order valence-electron chi connectivity index (χ3n) is 6.86. The fourth-order valence-corrected chi connectivity index (χ4v) is 4.48. The number of carbonyl (C=O) groups is 3. The molecular weight excluding hydrogens is 584 g/mol. The van der Waals surface area contributed by atoms with E-state index in [1.807, 2.05) is 6.92 Å². The molecule has 1 amide bonds. The monoisotopic (exact) mass is 610 g/mol. The van der Waals surface area contributed by atoms with Gasteiger partial charge in [-0.05, 0) is 67.8 Å². The molecule has 12 heteroatoms. The second-order valence-corrected chi connectivity index (χ2v) is 9.78. The van der Waals surface area contributed by atoms with Crippen molar-refractivity contribution in [2.24, 2.45) is 0 Å². The van der Waals surface area contributed by atoms with Crippen molar-refractivity contribution in [2.75, 3.05) is 11.9 Å². The van der Waals surface area contributed by atoms with E-state index in [1.54, 1.807) is 42.5 Å². The van der Waals surface area contributed by atoms with Crippen molar-refractivity contribution in [3.63, 3.8) is 0 Å². The van der Waals surface area contributed by atoms with Gasteiger partial charge in [0.25, 0.3) is 0 Å². The largest absolute Gasteiger partial charge is 0.478 e. The smallest absolute Gasteiger partial charge is 0.416 e. The number of rotatable bonds is 8. The topological polar surface area (TPSA) is 126 Å². The molecule has 228 valence electrons. The first-order chi connectivity index (χ1) is 20.9. The summed E-state index contributed by atoms with van der Waals surface area (Å²) >= 11 is 0. The summed E-state index contributed by atoms with van der Waals surface area (Å²) in [7, 11) is 0. The lowest BCUT2D eigenvalue weighted by Crippen LogP contribution is -2.29. The summed E-state index contributed by atoms with van der Waals surface area (Å²) in [5.41, 5.74) is -1.30. The van der Waals surface area contributed by atoms with Gasteiger partial charge in [-0.3, -0.25) is 4.79 Å². The zero-order valence-corrected chi connectivity index (χ0v) is 23.2. The molecule has 0 bridgehead atoms. The highest BCUT2D eigenvalue weighted by Gasteiger charge is 2.53. The van der Waals surface area contributed by atoms with E-state index in [4.69, 9.17) is 9.84 Å². The molecule has 1 aliphatic rings. The molecule has 1 saturated carbocycles. The number of halogens is 4. The molecule has 1 fully saturated rings. The molecular formula is C32H26F4N2O6. The highest BCUT2D eigenvalue weighted by atomic mass is 19.4. The lowest BCUT2D eigenvalue weighted by atomic mass is 9.93. The van der Waals surface area contributed by atoms with Crippen LogP contribution in [0.3, 0.4) is 0 Å². The Morgan fingerprint density at radius 2 is 1.64 bits per heavy atom. The fraction of sp³-hybridized carbons (Fsp3) is 0.188. The van der Waals surface area contributed by atoms with Gasteiger partial charge in [0, 0.05) is 29.1 Å². The van der Waals surface area contributed by atoms with E-state index in [2.05, 4.69) is 10.3 Å². The molecule has 8 nitrogen and oxygen atoms in total. The number of nitrogens with zero attached hydrogens (tertiary/aromatic N) is 1. The molecule has 1 aliphatic carbocycles. The van der Waals surface area contributed by atoms with Gasteiger partial charge in [-0.15, -0.1) is 0 Å². The lowest BCUT2D eigenvalue weighted by Gasteiger charge is -2.18. The Kier molecular flexibility index (Phi) is 9.32. The Morgan fingerprint density at radius 3 is 2.14 bits per heavy atom. The van der Waals surface area contributed by atoms with Crippen LogP contribution in [0.2, 0.25) is 0 Å². The Morgan fingerprint density at radius 1 is 0.932 bits per heavy atom. The van der Waals surface area contributed by atoms with Gasteiger partial charge >= 0.3 is 18.1 Å². The minimum atomic E-state index is -4.70. The van der Waals surface area contributed by atoms with Gasteiger partial charge in [0.15, 0.2) is 0 Å². The standard InChI is InChI=1S/C25H20F4N2O4.C7H6O2/c1-2-35-21-8-3-14(13-30-21)17-6-5-16(12-18(17)22(32)33)31-23(34)24(9-10-24)19-7-4-15(11-20(19)26)25(27,28)29;8-7(9)6-4-2-1-3-5-6/h3-8,11-13H,2,9-10H2,1H3,(H,31,34)(H,32,33);1-5H,(H,8,9). The van der Waals surface area contributed by atoms with Gasteiger partial charge in [0.2, 0.25) is 11.8 Å². The average Bonchev–Trinajstić information content (AvgIpc) is 3.80. The van der Waals surface area contributed by atoms with Crippen LogP contribution < -0.4 is 10.1 Å². The summed E-state index contributed by atoms with van der Waals surface area (Å²) in [4.78, 5) is 39.2. The molecule has 44 heavy (non-hydrogen) atoms. The first-order valence-corrected chi connectivity index (χ1v) is 13.3. The zero-order valence-electron chi connectivity index (χ0n) is 23.2. The van der Waals surface area contributed by atoms with Gasteiger partial charge in [0.1, 0.15) is 5.82 Å². The fourth-order valence-electron chi connectivity index (χ4n) is 4.48. The Bertz CT molecular complexity index is 1670. The second kappa shape index (κ2) is 12.9. The van der Waals surface area contributed by atoms with E-state index < -0.39 is 40.8 Å². The summed E-state index contributed by atoms with van der Waals surface area (Å²) in [5, 5.41) is 20.7. The number of amides is 1. The van der Waals surface area contributed by atoms with E-state index in [0.29, 0.717) is 35.2 Å². The summed E-state index contributed by atoms with van der Waals surface area (Å²) in [6.07, 6.45) is -2.73. The maximum atomic E-state index is 14.5. The van der Waals surface area contributed by atoms with Crippen LogP contribution in [0.5, 0.6) is 5.88 Å². The van der Waals surface area contributed by atoms with Gasteiger partial charge in [-0.1, -0.05) is 30.3 Å². The molecule has 3 N–H and O–H groups in total. The van der Waals surface area contributed by atoms with E-state index in [9.17, 15) is 37.1 Å². The Hall–Kier alpha value is -5.26. The zero-order chi connectivity index (χ0) is 32.1. The van der Waals surface area contributed by atoms with Crippen LogP contribution in [-0.2, 0) is 16.4 Å². The quantitative estimate of drug-likeness (QED) is 0.182. The van der Waals surface area contributed by atoms with Crippen LogP contribution in [-0.4, -0.2) is 39.6 Å². The minimum absolute atomic E-state index is 0.0979. The van der Waals surface area contributed by atoms with Crippen LogP contribution in [0.1, 0.15) is 51.6 Å². The number of pyridine rings is 1. The normalized spacial score (nSPS) is 13.2. The van der Waals surface area contributed by atoms with Gasteiger partial charge < -0.3 is 20.3 Å². The number of carboxylic acids is 2. The molecule has 0 aliphatic heterocycles. The molecule has 0 atom stereocenters. The van der Waals surface area contributed by atoms with E-state index in [-0.39, 0.29) is 29.7 Å². The first-order valence-electron chi connectivity index (χ1n) is 13.3. The van der Waals surface area contributed by atoms with Crippen molar-refractivity contribution in [3.05, 3.63) is 113 Å². The maximum Gasteiger partial charge on any atom is 0.416 e. The van der Waals surface area contributed by atoms with Crippen molar-refractivity contribution >= 4 is 23.5 Å². The van der Waals surface area contributed by atoms with Crippen LogP contribution in [0, 0.1) is 5.82 Å². The molecule has 1 aromatic heterocycles. The van der Waals surface area contributed by atoms with Crippen molar-refractivity contribution in [1.29, 1.82) is 0 Å². The van der Waals surface area contributed by atoms with Crippen LogP contribution >= 0.6 is 0 Å². The predicted molar refractivity (Wildman–Crippen MR) is 152 cm³/mol. The van der Waals surface area contributed by atoms with Crippen molar-refractivity contribution < 1.29 is 46.9 Å². The SMILES string of the molecule is CCOc1ccc(-c2ccc(NC(=O)C3(c4ccc(C(F)(F)F)cc4F)CC3)cc2C(=O)O)cn1.O=C(O)c1ccccc1. The highest BCUT2D eigenvalue weighted by molar-refractivity contribution is 6.03. The Balaban J connectivity index is 0.000000421. The molecule has 0 radical (unpaired) electrons. The summed E-state index contributed by atoms with van der Waals surface area (Å²) in [6.45, 7) is 2.24. The summed E-state index contributed by atoms with van der Waals surface area (Å²) < 4.78 is 58.4. The average molecular weight is 611 g/mol. The molecule has 3 aromatic carbocycles. The number of aromatic nitrogens is 1. The van der Waals surface area contributed by atoms with Crippen molar-refractivity contribution in [3.8, 4) is 17.0 Å². The van der Waals surface area contributed by atoms with Crippen LogP contribution in [0.4, 0.5) is 23.2 Å². The van der Waals surface area contributed by atoms with Gasteiger partial charge in [-0.25, -0.2) is 19.0 Å². The summed E-state index contributed by atoms with van der Waals surface area (Å²) in [5.74, 6) is -3.46. The first kappa shape index (κ1) is 31.7. The molecule has 0 spiro atoms. The number of carboxylic acid groups (broad SMARTS) is 2. The van der Waals surface area contributed by atoms with Gasteiger partial charge in [-0.2, -0.15) is 13.2 Å². The number of anilines is 1. The van der Waals surface area contributed by atoms with E-state index in [0.717, 1.165) is 12.1 Å². The molecule has 1 heterocycles. The second-order valence-electron chi connectivity index (χ2n) is 9.78. The van der Waals surface area contributed by atoms with Crippen molar-refractivity contribution in [1.82, 2.24) is 4.98 Å². The number of hydrogen-bond donors (Lipinski definition) is 3. The van der Waals surface area contributed by atoms with Crippen LogP contribution in [0.25, 0.3) is 11.1 Å². The van der Waals surface area contributed by atoms with E-state index >= 15 is 0 Å². The predicted octanol–water partition coefficient (Wildman–Crippen LogP) is 7.06. The number of hydrogen-bond acceptors (Lipinski definition) is 5. The number of benzene rings is 3. The number of ether oxygens (including phenoxy) is 1. The minimum Gasteiger partial charge on any atom is -0.478 e. The van der Waals surface area contributed by atoms with E-state index in [1.165, 1.54) is 24.4 Å². The third-order valence-corrected chi connectivity index (χ3v) is 6.86. The van der Waals surface area contributed by atoms with Gasteiger partial charge in [0.05, 0.1) is 28.7 Å². The third kappa shape index (κ3) is 7.20. The Labute approximate surface area is 249 Å². The number of nitrogens with one attached hydrogen (secondary N) is 1. The molecule has 4 aromatic rings. The highest BCUT2D eigenvalue weighted by Crippen LogP contribution is 2.50. The number of aromatic carboxylic acids is 2. The number of carbonyl (C=O) groups excluding carboxylic acids is 1. The van der Waals surface area contributed by atoms with Crippen LogP contribution in [0.15, 0.2) is 85.1 Å².